The molecule has 0 aliphatic heterocycles. The highest BCUT2D eigenvalue weighted by atomic mass is 79.9. The molecule has 0 saturated heterocycles. The fourth-order valence-corrected chi connectivity index (χ4v) is 3.04. The van der Waals surface area contributed by atoms with E-state index in [0.29, 0.717) is 6.61 Å². The van der Waals surface area contributed by atoms with Crippen molar-refractivity contribution in [2.45, 2.75) is 25.4 Å². The molecule has 0 radical (unpaired) electrons. The molecular formula is C19H17BrO2. The molecule has 1 unspecified atom stereocenters. The SMILES string of the molecule is O=C(OCc1ccccc1)C1=CCCC1c1ccc(Br)cc1. The molecule has 1 aliphatic rings. The molecule has 2 nitrogen and oxygen atoms in total. The monoisotopic (exact) mass is 356 g/mol. The summed E-state index contributed by atoms with van der Waals surface area (Å²) in [6, 6.07) is 17.9. The third kappa shape index (κ3) is 3.47. The summed E-state index contributed by atoms with van der Waals surface area (Å²) in [7, 11) is 0. The molecule has 0 heterocycles. The number of carbonyl (C=O) groups is 1. The predicted octanol–water partition coefficient (Wildman–Crippen LogP) is 5.00. The Morgan fingerprint density at radius 3 is 2.55 bits per heavy atom. The molecule has 1 aliphatic carbocycles. The van der Waals surface area contributed by atoms with E-state index in [1.807, 2.05) is 48.5 Å². The highest BCUT2D eigenvalue weighted by molar-refractivity contribution is 9.10. The van der Waals surface area contributed by atoms with Crippen LogP contribution in [0.1, 0.15) is 29.9 Å². The lowest BCUT2D eigenvalue weighted by Gasteiger charge is -2.15. The van der Waals surface area contributed by atoms with Crippen LogP contribution < -0.4 is 0 Å². The van der Waals surface area contributed by atoms with Gasteiger partial charge in [-0.25, -0.2) is 4.79 Å². The Bertz CT molecular complexity index is 674. The first-order chi connectivity index (χ1) is 10.7. The molecule has 22 heavy (non-hydrogen) atoms. The maximum Gasteiger partial charge on any atom is 0.334 e. The minimum atomic E-state index is -0.200. The number of benzene rings is 2. The van der Waals surface area contributed by atoms with Crippen LogP contribution in [0.5, 0.6) is 0 Å². The maximum atomic E-state index is 12.4. The lowest BCUT2D eigenvalue weighted by molar-refractivity contribution is -0.140. The van der Waals surface area contributed by atoms with Gasteiger partial charge >= 0.3 is 5.97 Å². The molecule has 1 atom stereocenters. The molecular weight excluding hydrogens is 340 g/mol. The van der Waals surface area contributed by atoms with Gasteiger partial charge in [-0.2, -0.15) is 0 Å². The van der Waals surface area contributed by atoms with Gasteiger partial charge in [0, 0.05) is 16.0 Å². The van der Waals surface area contributed by atoms with Crippen LogP contribution in [0.2, 0.25) is 0 Å². The van der Waals surface area contributed by atoms with Gasteiger partial charge in [0.25, 0.3) is 0 Å². The molecule has 112 valence electrons. The van der Waals surface area contributed by atoms with Crippen LogP contribution in [0.25, 0.3) is 0 Å². The summed E-state index contributed by atoms with van der Waals surface area (Å²) in [5.41, 5.74) is 2.97. The first-order valence-corrected chi connectivity index (χ1v) is 8.20. The van der Waals surface area contributed by atoms with Gasteiger partial charge in [-0.3, -0.25) is 0 Å². The van der Waals surface area contributed by atoms with Crippen molar-refractivity contribution in [1.82, 2.24) is 0 Å². The van der Waals surface area contributed by atoms with Gasteiger partial charge in [-0.1, -0.05) is 64.5 Å². The van der Waals surface area contributed by atoms with Crippen molar-refractivity contribution in [3.63, 3.8) is 0 Å². The highest BCUT2D eigenvalue weighted by Crippen LogP contribution is 2.36. The minimum absolute atomic E-state index is 0.149. The molecule has 0 spiro atoms. The summed E-state index contributed by atoms with van der Waals surface area (Å²) in [4.78, 5) is 12.4. The molecule has 2 aromatic carbocycles. The summed E-state index contributed by atoms with van der Waals surface area (Å²) >= 11 is 3.44. The van der Waals surface area contributed by atoms with E-state index in [0.717, 1.165) is 28.5 Å². The van der Waals surface area contributed by atoms with Gasteiger partial charge in [0.1, 0.15) is 6.61 Å². The Morgan fingerprint density at radius 2 is 1.82 bits per heavy atom. The normalized spacial score (nSPS) is 17.1. The number of ether oxygens (including phenoxy) is 1. The van der Waals surface area contributed by atoms with Gasteiger partial charge in [-0.05, 0) is 36.1 Å². The Morgan fingerprint density at radius 1 is 1.09 bits per heavy atom. The van der Waals surface area contributed by atoms with Crippen LogP contribution in [0.15, 0.2) is 70.7 Å². The zero-order valence-corrected chi connectivity index (χ0v) is 13.8. The van der Waals surface area contributed by atoms with E-state index >= 15 is 0 Å². The predicted molar refractivity (Wildman–Crippen MR) is 90.4 cm³/mol. The van der Waals surface area contributed by atoms with Crippen LogP contribution in [-0.2, 0) is 16.1 Å². The maximum absolute atomic E-state index is 12.4. The van der Waals surface area contributed by atoms with Crippen molar-refractivity contribution in [2.75, 3.05) is 0 Å². The number of esters is 1. The molecule has 3 heteroatoms. The van der Waals surface area contributed by atoms with Crippen LogP contribution in [-0.4, -0.2) is 5.97 Å². The first kappa shape index (κ1) is 15.0. The molecule has 0 N–H and O–H groups in total. The number of halogens is 1. The van der Waals surface area contributed by atoms with Crippen molar-refractivity contribution in [2.24, 2.45) is 0 Å². The molecule has 0 saturated carbocycles. The van der Waals surface area contributed by atoms with Crippen molar-refractivity contribution < 1.29 is 9.53 Å². The zero-order chi connectivity index (χ0) is 15.4. The Labute approximate surface area is 138 Å². The summed E-state index contributed by atoms with van der Waals surface area (Å²) in [6.07, 6.45) is 3.91. The number of carbonyl (C=O) groups excluding carboxylic acids is 1. The average Bonchev–Trinajstić information content (AvgIpc) is 3.04. The van der Waals surface area contributed by atoms with Crippen LogP contribution >= 0.6 is 15.9 Å². The topological polar surface area (TPSA) is 26.3 Å². The van der Waals surface area contributed by atoms with Gasteiger partial charge in [0.2, 0.25) is 0 Å². The second-order valence-electron chi connectivity index (χ2n) is 5.40. The molecule has 3 rings (SSSR count). The van der Waals surface area contributed by atoms with E-state index in [2.05, 4.69) is 28.1 Å². The number of rotatable bonds is 4. The zero-order valence-electron chi connectivity index (χ0n) is 12.2. The fourth-order valence-electron chi connectivity index (χ4n) is 2.78. The Hall–Kier alpha value is -1.87. The first-order valence-electron chi connectivity index (χ1n) is 7.40. The van der Waals surface area contributed by atoms with E-state index in [1.54, 1.807) is 0 Å². The second-order valence-corrected chi connectivity index (χ2v) is 6.32. The number of hydrogen-bond acceptors (Lipinski definition) is 2. The van der Waals surface area contributed by atoms with Crippen LogP contribution in [0, 0.1) is 0 Å². The third-order valence-corrected chi connectivity index (χ3v) is 4.44. The van der Waals surface area contributed by atoms with Gasteiger partial charge in [-0.15, -0.1) is 0 Å². The lowest BCUT2D eigenvalue weighted by atomic mass is 9.93. The second kappa shape index (κ2) is 6.93. The number of hydrogen-bond donors (Lipinski definition) is 0. The summed E-state index contributed by atoms with van der Waals surface area (Å²) in [6.45, 7) is 0.323. The van der Waals surface area contributed by atoms with E-state index in [4.69, 9.17) is 4.74 Å². The van der Waals surface area contributed by atoms with E-state index in [-0.39, 0.29) is 11.9 Å². The van der Waals surface area contributed by atoms with E-state index < -0.39 is 0 Å². The third-order valence-electron chi connectivity index (χ3n) is 3.92. The van der Waals surface area contributed by atoms with E-state index in [1.165, 1.54) is 5.56 Å². The fraction of sp³-hybridized carbons (Fsp3) is 0.211. The Balaban J connectivity index is 1.67. The van der Waals surface area contributed by atoms with Crippen molar-refractivity contribution in [1.29, 1.82) is 0 Å². The van der Waals surface area contributed by atoms with E-state index in [9.17, 15) is 4.79 Å². The van der Waals surface area contributed by atoms with Gasteiger partial charge < -0.3 is 4.74 Å². The largest absolute Gasteiger partial charge is 0.457 e. The molecule has 0 fully saturated rings. The highest BCUT2D eigenvalue weighted by Gasteiger charge is 2.27. The average molecular weight is 357 g/mol. The van der Waals surface area contributed by atoms with Crippen molar-refractivity contribution >= 4 is 21.9 Å². The summed E-state index contributed by atoms with van der Waals surface area (Å²) in [5.74, 6) is -0.0503. The van der Waals surface area contributed by atoms with Crippen LogP contribution in [0.4, 0.5) is 0 Å². The van der Waals surface area contributed by atoms with Crippen molar-refractivity contribution in [3.8, 4) is 0 Å². The smallest absolute Gasteiger partial charge is 0.334 e. The molecule has 2 aromatic rings. The van der Waals surface area contributed by atoms with Gasteiger partial charge in [0.05, 0.1) is 0 Å². The molecule has 0 amide bonds. The minimum Gasteiger partial charge on any atom is -0.457 e. The van der Waals surface area contributed by atoms with Crippen LogP contribution in [0.3, 0.4) is 0 Å². The Kier molecular flexibility index (Phi) is 4.74. The molecule has 0 bridgehead atoms. The molecule has 0 aromatic heterocycles. The lowest BCUT2D eigenvalue weighted by Crippen LogP contribution is -2.12. The number of allylic oxidation sites excluding steroid dienone is 1. The van der Waals surface area contributed by atoms with Gasteiger partial charge in [0.15, 0.2) is 0 Å². The van der Waals surface area contributed by atoms with Crippen molar-refractivity contribution in [3.05, 3.63) is 81.8 Å². The summed E-state index contributed by atoms with van der Waals surface area (Å²) < 4.78 is 6.52. The standard InChI is InChI=1S/C19H17BrO2/c20-16-11-9-15(10-12-16)17-7-4-8-18(17)19(21)22-13-14-5-2-1-3-6-14/h1-3,5-6,8-12,17H,4,7,13H2. The quantitative estimate of drug-likeness (QED) is 0.720. The summed E-state index contributed by atoms with van der Waals surface area (Å²) in [5, 5.41) is 0.